The van der Waals surface area contributed by atoms with Crippen molar-refractivity contribution in [1.82, 2.24) is 0 Å². The third-order valence-corrected chi connectivity index (χ3v) is 3.93. The molecule has 21 heavy (non-hydrogen) atoms. The average Bonchev–Trinajstić information content (AvgIpc) is 2.44. The van der Waals surface area contributed by atoms with Crippen LogP contribution in [0.1, 0.15) is 22.8 Å². The zero-order valence-electron chi connectivity index (χ0n) is 11.8. The summed E-state index contributed by atoms with van der Waals surface area (Å²) in [6.07, 6.45) is 0. The molecule has 2 N–H and O–H groups in total. The Hall–Kier alpha value is -1.63. The van der Waals surface area contributed by atoms with Gasteiger partial charge in [-0.1, -0.05) is 0 Å². The quantitative estimate of drug-likeness (QED) is 0.749. The molecule has 0 aliphatic rings. The van der Waals surface area contributed by atoms with Crippen molar-refractivity contribution < 1.29 is 9.18 Å². The van der Waals surface area contributed by atoms with Crippen LogP contribution in [0.3, 0.4) is 0 Å². The van der Waals surface area contributed by atoms with Crippen LogP contribution in [0.4, 0.5) is 15.8 Å². The number of anilines is 2. The lowest BCUT2D eigenvalue weighted by atomic mass is 10.1. The number of benzene rings is 2. The summed E-state index contributed by atoms with van der Waals surface area (Å²) in [7, 11) is 0. The van der Waals surface area contributed by atoms with E-state index in [1.54, 1.807) is 12.1 Å². The molecule has 0 bridgehead atoms. The van der Waals surface area contributed by atoms with Crippen molar-refractivity contribution in [2.75, 3.05) is 17.2 Å². The van der Waals surface area contributed by atoms with Crippen LogP contribution in [-0.4, -0.2) is 12.5 Å². The summed E-state index contributed by atoms with van der Waals surface area (Å²) in [6, 6.07) is 9.78. The molecule has 110 valence electrons. The first-order chi connectivity index (χ1) is 10.0. The van der Waals surface area contributed by atoms with Crippen LogP contribution in [0.5, 0.6) is 0 Å². The van der Waals surface area contributed by atoms with E-state index < -0.39 is 0 Å². The molecule has 1 amide bonds. The van der Waals surface area contributed by atoms with E-state index in [0.717, 1.165) is 17.8 Å². The summed E-state index contributed by atoms with van der Waals surface area (Å²) in [5.74, 6) is -0.520. The summed E-state index contributed by atoms with van der Waals surface area (Å²) in [6.45, 7) is 4.81. The lowest BCUT2D eigenvalue weighted by molar-refractivity contribution is 0.102. The number of hydrogen-bond donors (Lipinski definition) is 2. The molecule has 2 aromatic carbocycles. The van der Waals surface area contributed by atoms with Crippen molar-refractivity contribution in [2.24, 2.45) is 0 Å². The number of rotatable bonds is 4. The Bertz CT molecular complexity index is 673. The lowest BCUT2D eigenvalue weighted by Crippen LogP contribution is -2.13. The van der Waals surface area contributed by atoms with Crippen molar-refractivity contribution in [2.45, 2.75) is 13.8 Å². The zero-order chi connectivity index (χ0) is 15.4. The average molecular weight is 398 g/mol. The van der Waals surface area contributed by atoms with Crippen molar-refractivity contribution in [3.63, 3.8) is 0 Å². The van der Waals surface area contributed by atoms with Gasteiger partial charge in [-0.15, -0.1) is 0 Å². The molecule has 3 nitrogen and oxygen atoms in total. The monoisotopic (exact) mass is 398 g/mol. The third kappa shape index (κ3) is 3.93. The van der Waals surface area contributed by atoms with Crippen LogP contribution in [0, 0.1) is 16.3 Å². The minimum Gasteiger partial charge on any atom is -0.385 e. The van der Waals surface area contributed by atoms with Crippen molar-refractivity contribution in [1.29, 1.82) is 0 Å². The first-order valence-electron chi connectivity index (χ1n) is 6.62. The Kier molecular flexibility index (Phi) is 5.17. The van der Waals surface area contributed by atoms with Gasteiger partial charge in [-0.2, -0.15) is 0 Å². The highest BCUT2D eigenvalue weighted by atomic mass is 127. The Labute approximate surface area is 137 Å². The van der Waals surface area contributed by atoms with Crippen molar-refractivity contribution >= 4 is 39.9 Å². The first kappa shape index (κ1) is 15.8. The van der Waals surface area contributed by atoms with Crippen LogP contribution in [-0.2, 0) is 0 Å². The topological polar surface area (TPSA) is 41.1 Å². The van der Waals surface area contributed by atoms with Crippen LogP contribution in [0.2, 0.25) is 0 Å². The van der Waals surface area contributed by atoms with Crippen LogP contribution in [0.15, 0.2) is 36.4 Å². The predicted molar refractivity (Wildman–Crippen MR) is 92.4 cm³/mol. The molecule has 0 fully saturated rings. The molecule has 0 aliphatic heterocycles. The summed E-state index contributed by atoms with van der Waals surface area (Å²) in [5.41, 5.74) is 3.22. The second-order valence-corrected chi connectivity index (χ2v) is 5.80. The highest BCUT2D eigenvalue weighted by Crippen LogP contribution is 2.21. The predicted octanol–water partition coefficient (Wildman–Crippen LogP) is 4.42. The number of nitrogens with one attached hydrogen (secondary N) is 2. The van der Waals surface area contributed by atoms with E-state index in [0.29, 0.717) is 14.8 Å². The van der Waals surface area contributed by atoms with E-state index in [1.165, 1.54) is 12.1 Å². The second kappa shape index (κ2) is 6.89. The minimum atomic E-state index is -0.316. The van der Waals surface area contributed by atoms with Crippen LogP contribution >= 0.6 is 22.6 Å². The van der Waals surface area contributed by atoms with Gasteiger partial charge in [-0.3, -0.25) is 4.79 Å². The van der Waals surface area contributed by atoms with E-state index in [4.69, 9.17) is 0 Å². The van der Waals surface area contributed by atoms with Gasteiger partial charge < -0.3 is 10.6 Å². The number of amides is 1. The molecule has 0 heterocycles. The van der Waals surface area contributed by atoms with E-state index in [-0.39, 0.29) is 11.7 Å². The smallest absolute Gasteiger partial charge is 0.255 e. The number of carbonyl (C=O) groups is 1. The van der Waals surface area contributed by atoms with Crippen molar-refractivity contribution in [3.05, 3.63) is 56.9 Å². The fraction of sp³-hybridized carbons (Fsp3) is 0.188. The van der Waals surface area contributed by atoms with E-state index in [1.807, 2.05) is 48.6 Å². The molecular weight excluding hydrogens is 382 g/mol. The van der Waals surface area contributed by atoms with Gasteiger partial charge >= 0.3 is 0 Å². The van der Waals surface area contributed by atoms with E-state index in [2.05, 4.69) is 10.6 Å². The molecule has 0 unspecified atom stereocenters. The Morgan fingerprint density at radius 2 is 1.90 bits per heavy atom. The zero-order valence-corrected chi connectivity index (χ0v) is 14.0. The van der Waals surface area contributed by atoms with Gasteiger partial charge in [0.05, 0.1) is 5.69 Å². The lowest BCUT2D eigenvalue weighted by Gasteiger charge is -2.11. The number of carbonyl (C=O) groups excluding carboxylic acids is 1. The van der Waals surface area contributed by atoms with Crippen LogP contribution in [0.25, 0.3) is 0 Å². The summed E-state index contributed by atoms with van der Waals surface area (Å²) in [4.78, 5) is 12.2. The normalized spacial score (nSPS) is 10.3. The molecule has 0 aromatic heterocycles. The highest BCUT2D eigenvalue weighted by Gasteiger charge is 2.10. The Balaban J connectivity index is 2.18. The maximum Gasteiger partial charge on any atom is 0.255 e. The van der Waals surface area contributed by atoms with Gasteiger partial charge in [-0.25, -0.2) is 4.39 Å². The third-order valence-electron chi connectivity index (χ3n) is 3.04. The molecule has 5 heteroatoms. The van der Waals surface area contributed by atoms with Crippen LogP contribution < -0.4 is 10.6 Å². The SMILES string of the molecule is CCNc1ccc(C(=O)Nc2ccc(F)cc2I)cc1C. The second-order valence-electron chi connectivity index (χ2n) is 4.64. The largest absolute Gasteiger partial charge is 0.385 e. The molecule has 0 radical (unpaired) electrons. The maximum atomic E-state index is 13.1. The molecule has 2 aromatic rings. The first-order valence-corrected chi connectivity index (χ1v) is 7.70. The van der Waals surface area contributed by atoms with Gasteiger partial charge in [-0.05, 0) is 78.4 Å². The minimum absolute atomic E-state index is 0.203. The Morgan fingerprint density at radius 1 is 1.19 bits per heavy atom. The maximum absolute atomic E-state index is 13.1. The summed E-state index contributed by atoms with van der Waals surface area (Å²) < 4.78 is 13.7. The van der Waals surface area contributed by atoms with Gasteiger partial charge in [0, 0.05) is 21.4 Å². The molecule has 0 saturated carbocycles. The molecule has 0 saturated heterocycles. The van der Waals surface area contributed by atoms with Crippen molar-refractivity contribution in [3.8, 4) is 0 Å². The number of aryl methyl sites for hydroxylation is 1. The summed E-state index contributed by atoms with van der Waals surface area (Å²) >= 11 is 2.00. The molecule has 0 spiro atoms. The Morgan fingerprint density at radius 3 is 2.52 bits per heavy atom. The molecular formula is C16H16FIN2O. The fourth-order valence-corrected chi connectivity index (χ4v) is 2.59. The van der Waals surface area contributed by atoms with E-state index in [9.17, 15) is 9.18 Å². The fourth-order valence-electron chi connectivity index (χ4n) is 1.98. The molecule has 0 atom stereocenters. The van der Waals surface area contributed by atoms with Gasteiger partial charge in [0.25, 0.3) is 5.91 Å². The van der Waals surface area contributed by atoms with Gasteiger partial charge in [0.1, 0.15) is 5.82 Å². The molecule has 2 rings (SSSR count). The number of halogens is 2. The van der Waals surface area contributed by atoms with E-state index >= 15 is 0 Å². The highest BCUT2D eigenvalue weighted by molar-refractivity contribution is 14.1. The number of hydrogen-bond acceptors (Lipinski definition) is 2. The summed E-state index contributed by atoms with van der Waals surface area (Å²) in [5, 5.41) is 6.03. The standard InChI is InChI=1S/C16H16FIN2O/c1-3-19-14-6-4-11(8-10(14)2)16(21)20-15-7-5-12(17)9-13(15)18/h4-9,19H,3H2,1-2H3,(H,20,21). The van der Waals surface area contributed by atoms with Gasteiger partial charge in [0.15, 0.2) is 0 Å². The molecule has 0 aliphatic carbocycles. The van der Waals surface area contributed by atoms with Gasteiger partial charge in [0.2, 0.25) is 0 Å².